The fourth-order valence-corrected chi connectivity index (χ4v) is 3.68. The van der Waals surface area contributed by atoms with Crippen molar-refractivity contribution in [3.8, 4) is 11.8 Å². The maximum Gasteiger partial charge on any atom is 0.233 e. The molecule has 4 aliphatic heterocycles. The minimum Gasteiger partial charge on any atom is -0.474 e. The van der Waals surface area contributed by atoms with E-state index >= 15 is 0 Å². The molecule has 0 bridgehead atoms. The minimum absolute atomic E-state index is 0.218. The molecule has 0 unspecified atom stereocenters. The highest BCUT2D eigenvalue weighted by molar-refractivity contribution is 5.16. The highest BCUT2D eigenvalue weighted by Gasteiger charge is 2.48. The van der Waals surface area contributed by atoms with Crippen molar-refractivity contribution in [2.75, 3.05) is 66.6 Å². The van der Waals surface area contributed by atoms with E-state index in [9.17, 15) is 0 Å². The zero-order valence-corrected chi connectivity index (χ0v) is 14.5. The summed E-state index contributed by atoms with van der Waals surface area (Å²) in [5.74, 6) is 0.914. The third kappa shape index (κ3) is 2.82. The normalized spacial score (nSPS) is 26.8. The highest BCUT2D eigenvalue weighted by atomic mass is 16.6. The third-order valence-corrected chi connectivity index (χ3v) is 5.41. The molecule has 0 atom stereocenters. The van der Waals surface area contributed by atoms with Gasteiger partial charge in [0.2, 0.25) is 11.8 Å². The largest absolute Gasteiger partial charge is 0.474 e. The summed E-state index contributed by atoms with van der Waals surface area (Å²) in [4.78, 5) is 4.27. The summed E-state index contributed by atoms with van der Waals surface area (Å²) in [6, 6.07) is 3.53. The van der Waals surface area contributed by atoms with Crippen LogP contribution in [0.3, 0.4) is 0 Å². The smallest absolute Gasteiger partial charge is 0.233 e. The third-order valence-electron chi connectivity index (χ3n) is 5.41. The summed E-state index contributed by atoms with van der Waals surface area (Å²) in [5.41, 5.74) is -0.436. The molecule has 142 valence electrons. The lowest BCUT2D eigenvalue weighted by molar-refractivity contribution is 0.0692. The van der Waals surface area contributed by atoms with Crippen LogP contribution in [-0.2, 0) is 18.9 Å². The van der Waals surface area contributed by atoms with Crippen molar-refractivity contribution < 1.29 is 28.4 Å². The molecule has 0 aliphatic carbocycles. The van der Waals surface area contributed by atoms with Gasteiger partial charge in [-0.2, -0.15) is 0 Å². The first-order chi connectivity index (χ1) is 12.8. The van der Waals surface area contributed by atoms with Crippen LogP contribution in [0.4, 0.5) is 0 Å². The molecule has 0 N–H and O–H groups in total. The lowest BCUT2D eigenvalue weighted by atomic mass is 10.0. The van der Waals surface area contributed by atoms with Crippen LogP contribution in [-0.4, -0.2) is 97.6 Å². The van der Waals surface area contributed by atoms with Crippen molar-refractivity contribution in [1.82, 2.24) is 20.0 Å². The summed E-state index contributed by atoms with van der Waals surface area (Å²) in [5, 5.41) is 8.21. The van der Waals surface area contributed by atoms with E-state index in [0.717, 1.165) is 0 Å². The summed E-state index contributed by atoms with van der Waals surface area (Å²) in [7, 11) is 0. The van der Waals surface area contributed by atoms with Gasteiger partial charge in [-0.25, -0.2) is 9.80 Å². The van der Waals surface area contributed by atoms with E-state index < -0.39 is 0 Å². The second-order valence-corrected chi connectivity index (χ2v) is 7.23. The Morgan fingerprint density at radius 2 is 1.12 bits per heavy atom. The van der Waals surface area contributed by atoms with Gasteiger partial charge in [0, 0.05) is 12.1 Å². The number of hydrogen-bond acceptors (Lipinski definition) is 10. The summed E-state index contributed by atoms with van der Waals surface area (Å²) in [6.07, 6.45) is 0. The van der Waals surface area contributed by atoms with Gasteiger partial charge in [-0.15, -0.1) is 10.2 Å². The van der Waals surface area contributed by atoms with Crippen molar-refractivity contribution in [3.63, 3.8) is 0 Å². The molecule has 0 saturated carbocycles. The van der Waals surface area contributed by atoms with E-state index in [0.29, 0.717) is 78.3 Å². The molecule has 26 heavy (non-hydrogen) atoms. The monoisotopic (exact) mass is 366 g/mol. The Hall–Kier alpha value is -1.56. The Morgan fingerprint density at radius 1 is 0.731 bits per heavy atom. The fourth-order valence-electron chi connectivity index (χ4n) is 3.68. The van der Waals surface area contributed by atoms with Gasteiger partial charge in [0.15, 0.2) is 0 Å². The van der Waals surface area contributed by atoms with Gasteiger partial charge < -0.3 is 28.4 Å². The predicted octanol–water partition coefficient (Wildman–Crippen LogP) is -0.733. The molecule has 0 radical (unpaired) electrons. The Kier molecular flexibility index (Phi) is 4.18. The van der Waals surface area contributed by atoms with E-state index in [-0.39, 0.29) is 11.1 Å². The Bertz CT molecular complexity index is 569. The van der Waals surface area contributed by atoms with E-state index in [1.54, 1.807) is 12.1 Å². The van der Waals surface area contributed by atoms with E-state index in [1.165, 1.54) is 0 Å². The molecule has 5 rings (SSSR count). The summed E-state index contributed by atoms with van der Waals surface area (Å²) < 4.78 is 33.7. The number of ether oxygens (including phenoxy) is 6. The van der Waals surface area contributed by atoms with Crippen molar-refractivity contribution in [2.45, 2.75) is 11.1 Å². The number of fused-ring (bicyclic) bond motifs is 2. The number of nitrogens with zero attached hydrogens (tertiary/aromatic N) is 4. The van der Waals surface area contributed by atoms with Crippen LogP contribution in [0.15, 0.2) is 12.1 Å². The summed E-state index contributed by atoms with van der Waals surface area (Å²) >= 11 is 0. The predicted molar refractivity (Wildman–Crippen MR) is 85.4 cm³/mol. The first-order valence-electron chi connectivity index (χ1n) is 8.69. The van der Waals surface area contributed by atoms with E-state index in [4.69, 9.17) is 28.4 Å². The van der Waals surface area contributed by atoms with Crippen LogP contribution >= 0.6 is 0 Å². The van der Waals surface area contributed by atoms with Gasteiger partial charge in [-0.1, -0.05) is 0 Å². The van der Waals surface area contributed by atoms with Crippen LogP contribution < -0.4 is 9.47 Å². The van der Waals surface area contributed by atoms with Crippen molar-refractivity contribution in [2.24, 2.45) is 0 Å². The molecule has 5 heterocycles. The Balaban J connectivity index is 1.16. The van der Waals surface area contributed by atoms with Crippen LogP contribution in [0, 0.1) is 0 Å². The SMILES string of the molecule is c1cc(OCC23COCN2COC3)nnc1OCC12COCN1COC2. The van der Waals surface area contributed by atoms with Crippen molar-refractivity contribution in [3.05, 3.63) is 12.1 Å². The van der Waals surface area contributed by atoms with Gasteiger partial charge in [-0.05, 0) is 0 Å². The van der Waals surface area contributed by atoms with Gasteiger partial charge in [0.25, 0.3) is 0 Å². The lowest BCUT2D eigenvalue weighted by Crippen LogP contribution is -2.48. The molecule has 1 aromatic heterocycles. The van der Waals surface area contributed by atoms with Gasteiger partial charge >= 0.3 is 0 Å². The second-order valence-electron chi connectivity index (χ2n) is 7.23. The molecular weight excluding hydrogens is 344 g/mol. The van der Waals surface area contributed by atoms with Crippen LogP contribution in [0.25, 0.3) is 0 Å². The molecule has 10 heteroatoms. The van der Waals surface area contributed by atoms with Gasteiger partial charge in [-0.3, -0.25) is 0 Å². The molecule has 4 fully saturated rings. The Morgan fingerprint density at radius 3 is 1.46 bits per heavy atom. The minimum atomic E-state index is -0.218. The van der Waals surface area contributed by atoms with Crippen LogP contribution in [0.1, 0.15) is 0 Å². The first kappa shape index (κ1) is 16.6. The topological polar surface area (TPSA) is 87.6 Å². The van der Waals surface area contributed by atoms with Gasteiger partial charge in [0.1, 0.15) is 51.2 Å². The molecule has 1 aromatic rings. The van der Waals surface area contributed by atoms with Crippen molar-refractivity contribution in [1.29, 1.82) is 0 Å². The average Bonchev–Trinajstić information content (AvgIpc) is 3.38. The Labute approximate surface area is 150 Å². The molecule has 4 saturated heterocycles. The number of hydrogen-bond donors (Lipinski definition) is 0. The van der Waals surface area contributed by atoms with E-state index in [2.05, 4.69) is 20.0 Å². The molecule has 0 spiro atoms. The average molecular weight is 366 g/mol. The van der Waals surface area contributed by atoms with Crippen LogP contribution in [0.5, 0.6) is 11.8 Å². The number of aromatic nitrogens is 2. The maximum absolute atomic E-state index is 5.82. The highest BCUT2D eigenvalue weighted by Crippen LogP contribution is 2.30. The molecular formula is C16H22N4O6. The first-order valence-corrected chi connectivity index (χ1v) is 8.69. The fraction of sp³-hybridized carbons (Fsp3) is 0.750. The summed E-state index contributed by atoms with van der Waals surface area (Å²) in [6.45, 7) is 5.62. The molecule has 4 aliphatic rings. The molecule has 0 amide bonds. The standard InChI is InChI=1S/C16H22N4O6/c1-2-14(26-8-16-5-23-11-20(16)12-24-6-16)18-17-13(1)25-7-15-3-21-9-19(15)10-22-4-15/h1-2H,3-12H2. The lowest BCUT2D eigenvalue weighted by Gasteiger charge is -2.27. The van der Waals surface area contributed by atoms with Crippen LogP contribution in [0.2, 0.25) is 0 Å². The zero-order valence-electron chi connectivity index (χ0n) is 14.5. The number of rotatable bonds is 6. The zero-order chi connectivity index (χ0) is 17.5. The molecule has 10 nitrogen and oxygen atoms in total. The van der Waals surface area contributed by atoms with Crippen molar-refractivity contribution >= 4 is 0 Å². The maximum atomic E-state index is 5.82. The second kappa shape index (κ2) is 6.55. The van der Waals surface area contributed by atoms with Gasteiger partial charge in [0.05, 0.1) is 26.4 Å². The van der Waals surface area contributed by atoms with E-state index in [1.807, 2.05) is 0 Å². The quantitative estimate of drug-likeness (QED) is 0.642. The molecule has 0 aromatic carbocycles.